The van der Waals surface area contributed by atoms with Crippen molar-refractivity contribution in [2.45, 2.75) is 52.6 Å². The predicted molar refractivity (Wildman–Crippen MR) is 66.2 cm³/mol. The molecule has 0 atom stereocenters. The van der Waals surface area contributed by atoms with E-state index in [-0.39, 0.29) is 12.1 Å². The highest BCUT2D eigenvalue weighted by atomic mass is 16.3. The summed E-state index contributed by atoms with van der Waals surface area (Å²) in [7, 11) is 0. The summed E-state index contributed by atoms with van der Waals surface area (Å²) in [4.78, 5) is 2.40. The first-order valence-electron chi connectivity index (χ1n) is 5.97. The van der Waals surface area contributed by atoms with Gasteiger partial charge >= 0.3 is 0 Å². The maximum absolute atomic E-state index is 8.81. The molecule has 0 fully saturated rings. The lowest BCUT2D eigenvalue weighted by molar-refractivity contribution is 0.188. The second-order valence-corrected chi connectivity index (χ2v) is 5.38. The van der Waals surface area contributed by atoms with Crippen LogP contribution < -0.4 is 5.32 Å². The zero-order valence-electron chi connectivity index (χ0n) is 11.0. The summed E-state index contributed by atoms with van der Waals surface area (Å²) in [6.45, 7) is 14.3. The van der Waals surface area contributed by atoms with Gasteiger partial charge in [-0.15, -0.1) is 0 Å². The van der Waals surface area contributed by atoms with Crippen molar-refractivity contribution in [1.82, 2.24) is 10.2 Å². The van der Waals surface area contributed by atoms with Gasteiger partial charge in [-0.2, -0.15) is 0 Å². The molecule has 92 valence electrons. The van der Waals surface area contributed by atoms with Crippen LogP contribution in [0.4, 0.5) is 0 Å². The number of aliphatic hydroxyl groups excluding tert-OH is 1. The van der Waals surface area contributed by atoms with Gasteiger partial charge in [0.1, 0.15) is 0 Å². The van der Waals surface area contributed by atoms with Crippen molar-refractivity contribution < 1.29 is 5.11 Å². The molecule has 0 amide bonds. The van der Waals surface area contributed by atoms with E-state index in [1.54, 1.807) is 0 Å². The molecule has 0 aromatic rings. The van der Waals surface area contributed by atoms with Crippen LogP contribution in [-0.4, -0.2) is 47.8 Å². The zero-order chi connectivity index (χ0) is 11.9. The second-order valence-electron chi connectivity index (χ2n) is 5.38. The Balaban J connectivity index is 3.76. The molecular formula is C12H28N2O. The summed E-state index contributed by atoms with van der Waals surface area (Å²) in [5, 5.41) is 12.3. The maximum Gasteiger partial charge on any atom is 0.0443 e. The molecule has 0 aliphatic heterocycles. The highest BCUT2D eigenvalue weighted by Gasteiger charge is 2.11. The van der Waals surface area contributed by atoms with Crippen molar-refractivity contribution in [2.24, 2.45) is 0 Å². The number of aliphatic hydroxyl groups is 1. The first-order chi connectivity index (χ1) is 6.87. The van der Waals surface area contributed by atoms with Gasteiger partial charge in [-0.1, -0.05) is 0 Å². The molecule has 0 bridgehead atoms. The summed E-state index contributed by atoms with van der Waals surface area (Å²) in [5.74, 6) is 0. The van der Waals surface area contributed by atoms with Crippen LogP contribution in [0.15, 0.2) is 0 Å². The Kier molecular flexibility index (Phi) is 7.14. The lowest BCUT2D eigenvalue weighted by atomic mass is 10.1. The summed E-state index contributed by atoms with van der Waals surface area (Å²) in [6.07, 6.45) is 0.869. The molecule has 0 spiro atoms. The van der Waals surface area contributed by atoms with E-state index in [0.717, 1.165) is 26.1 Å². The van der Waals surface area contributed by atoms with Crippen molar-refractivity contribution in [1.29, 1.82) is 0 Å². The topological polar surface area (TPSA) is 35.5 Å². The van der Waals surface area contributed by atoms with E-state index >= 15 is 0 Å². The van der Waals surface area contributed by atoms with E-state index < -0.39 is 0 Å². The van der Waals surface area contributed by atoms with Crippen LogP contribution in [-0.2, 0) is 0 Å². The Labute approximate surface area is 94.9 Å². The van der Waals surface area contributed by atoms with Gasteiger partial charge in [-0.25, -0.2) is 0 Å². The molecule has 2 N–H and O–H groups in total. The van der Waals surface area contributed by atoms with Gasteiger partial charge in [-0.05, 0) is 41.0 Å². The SMILES string of the molecule is CC(C)N(CCCO)CCNC(C)(C)C. The summed E-state index contributed by atoms with van der Waals surface area (Å²) in [5.41, 5.74) is 0.194. The molecule has 0 aromatic carbocycles. The molecule has 0 saturated carbocycles. The fourth-order valence-electron chi connectivity index (χ4n) is 1.48. The Hall–Kier alpha value is -0.120. The molecule has 0 aliphatic carbocycles. The number of hydrogen-bond donors (Lipinski definition) is 2. The maximum atomic E-state index is 8.81. The highest BCUT2D eigenvalue weighted by molar-refractivity contribution is 4.72. The molecule has 0 rings (SSSR count). The van der Waals surface area contributed by atoms with Gasteiger partial charge in [0.25, 0.3) is 0 Å². The van der Waals surface area contributed by atoms with Crippen LogP contribution in [0.3, 0.4) is 0 Å². The van der Waals surface area contributed by atoms with Crippen LogP contribution in [0.2, 0.25) is 0 Å². The Bertz CT molecular complexity index is 152. The predicted octanol–water partition coefficient (Wildman–Crippen LogP) is 1.47. The van der Waals surface area contributed by atoms with E-state index in [0.29, 0.717) is 6.04 Å². The van der Waals surface area contributed by atoms with Crippen LogP contribution in [0.25, 0.3) is 0 Å². The molecular weight excluding hydrogens is 188 g/mol. The number of rotatable bonds is 7. The van der Waals surface area contributed by atoms with Crippen molar-refractivity contribution in [2.75, 3.05) is 26.2 Å². The molecule has 0 unspecified atom stereocenters. The molecule has 0 heterocycles. The van der Waals surface area contributed by atoms with E-state index in [1.165, 1.54) is 0 Å². The third-order valence-corrected chi connectivity index (χ3v) is 2.39. The minimum Gasteiger partial charge on any atom is -0.396 e. The molecule has 0 aliphatic rings. The largest absolute Gasteiger partial charge is 0.396 e. The summed E-state index contributed by atoms with van der Waals surface area (Å²) < 4.78 is 0. The standard InChI is InChI=1S/C12H28N2O/c1-11(2)14(8-6-10-15)9-7-13-12(3,4)5/h11,13,15H,6-10H2,1-5H3. The van der Waals surface area contributed by atoms with Gasteiger partial charge in [0.05, 0.1) is 0 Å². The van der Waals surface area contributed by atoms with E-state index in [2.05, 4.69) is 44.8 Å². The smallest absolute Gasteiger partial charge is 0.0443 e. The number of nitrogens with zero attached hydrogens (tertiary/aromatic N) is 1. The third-order valence-electron chi connectivity index (χ3n) is 2.39. The molecule has 0 radical (unpaired) electrons. The first kappa shape index (κ1) is 14.9. The van der Waals surface area contributed by atoms with E-state index in [4.69, 9.17) is 5.11 Å². The minimum absolute atomic E-state index is 0.194. The summed E-state index contributed by atoms with van der Waals surface area (Å²) in [6, 6.07) is 0.554. The summed E-state index contributed by atoms with van der Waals surface area (Å²) >= 11 is 0. The van der Waals surface area contributed by atoms with Crippen molar-refractivity contribution in [3.63, 3.8) is 0 Å². The molecule has 0 aromatic heterocycles. The molecule has 0 saturated heterocycles. The van der Waals surface area contributed by atoms with Gasteiger partial charge in [0.15, 0.2) is 0 Å². The zero-order valence-corrected chi connectivity index (χ0v) is 11.0. The Morgan fingerprint density at radius 3 is 2.20 bits per heavy atom. The van der Waals surface area contributed by atoms with Gasteiger partial charge in [-0.3, -0.25) is 4.90 Å². The molecule has 3 heteroatoms. The van der Waals surface area contributed by atoms with Crippen LogP contribution in [0.1, 0.15) is 41.0 Å². The fourth-order valence-corrected chi connectivity index (χ4v) is 1.48. The fraction of sp³-hybridized carbons (Fsp3) is 1.00. The number of nitrogens with one attached hydrogen (secondary N) is 1. The van der Waals surface area contributed by atoms with Crippen molar-refractivity contribution in [3.05, 3.63) is 0 Å². The van der Waals surface area contributed by atoms with Crippen LogP contribution in [0.5, 0.6) is 0 Å². The average molecular weight is 216 g/mol. The monoisotopic (exact) mass is 216 g/mol. The molecule has 3 nitrogen and oxygen atoms in total. The Morgan fingerprint density at radius 1 is 1.20 bits per heavy atom. The van der Waals surface area contributed by atoms with Gasteiger partial charge in [0.2, 0.25) is 0 Å². The average Bonchev–Trinajstić information content (AvgIpc) is 2.08. The van der Waals surface area contributed by atoms with Crippen LogP contribution >= 0.6 is 0 Å². The quantitative estimate of drug-likeness (QED) is 0.676. The van der Waals surface area contributed by atoms with Gasteiger partial charge in [0, 0.05) is 37.8 Å². The molecule has 15 heavy (non-hydrogen) atoms. The third kappa shape index (κ3) is 8.85. The second kappa shape index (κ2) is 7.20. The Morgan fingerprint density at radius 2 is 1.80 bits per heavy atom. The number of hydrogen-bond acceptors (Lipinski definition) is 3. The van der Waals surface area contributed by atoms with E-state index in [1.807, 2.05) is 0 Å². The minimum atomic E-state index is 0.194. The van der Waals surface area contributed by atoms with Crippen LogP contribution in [0, 0.1) is 0 Å². The normalized spacial score (nSPS) is 12.8. The first-order valence-corrected chi connectivity index (χ1v) is 5.97. The van der Waals surface area contributed by atoms with Crippen molar-refractivity contribution >= 4 is 0 Å². The van der Waals surface area contributed by atoms with Crippen molar-refractivity contribution in [3.8, 4) is 0 Å². The van der Waals surface area contributed by atoms with E-state index in [9.17, 15) is 0 Å². The lowest BCUT2D eigenvalue weighted by Gasteiger charge is -2.28. The van der Waals surface area contributed by atoms with Gasteiger partial charge < -0.3 is 10.4 Å². The highest BCUT2D eigenvalue weighted by Crippen LogP contribution is 2.01. The lowest BCUT2D eigenvalue weighted by Crippen LogP contribution is -2.43.